The van der Waals surface area contributed by atoms with Gasteiger partial charge in [-0.15, -0.1) is 0 Å². The number of aromatic nitrogens is 2. The third kappa shape index (κ3) is 2.84. The Morgan fingerprint density at radius 2 is 1.84 bits per heavy atom. The summed E-state index contributed by atoms with van der Waals surface area (Å²) in [6, 6.07) is 12.1. The summed E-state index contributed by atoms with van der Waals surface area (Å²) in [7, 11) is 4.01. The van der Waals surface area contributed by atoms with Gasteiger partial charge in [-0.05, 0) is 25.0 Å². The fourth-order valence-corrected chi connectivity index (χ4v) is 1.98. The molecule has 1 N–H and O–H groups in total. The molecule has 0 saturated heterocycles. The summed E-state index contributed by atoms with van der Waals surface area (Å²) in [6.07, 6.45) is 2.49. The summed E-state index contributed by atoms with van der Waals surface area (Å²) in [5.41, 5.74) is 2.16. The maximum absolute atomic E-state index is 4.62. The van der Waals surface area contributed by atoms with Crippen LogP contribution in [0.3, 0.4) is 0 Å². The Balaban J connectivity index is 1.91. The maximum Gasteiger partial charge on any atom is 0.229 e. The van der Waals surface area contributed by atoms with Gasteiger partial charge in [0.25, 0.3) is 0 Å². The quantitative estimate of drug-likeness (QED) is 0.910. The highest BCUT2D eigenvalue weighted by Gasteiger charge is 2.26. The van der Waals surface area contributed by atoms with Gasteiger partial charge in [-0.25, -0.2) is 4.98 Å². The molecule has 0 bridgehead atoms. The summed E-state index contributed by atoms with van der Waals surface area (Å²) in [4.78, 5) is 11.2. The Labute approximate surface area is 113 Å². The first-order chi connectivity index (χ1) is 9.22. The van der Waals surface area contributed by atoms with E-state index in [0.29, 0.717) is 11.9 Å². The van der Waals surface area contributed by atoms with Gasteiger partial charge in [0, 0.05) is 31.8 Å². The second-order valence-corrected chi connectivity index (χ2v) is 5.13. The van der Waals surface area contributed by atoms with E-state index in [2.05, 4.69) is 21.4 Å². The summed E-state index contributed by atoms with van der Waals surface area (Å²) < 4.78 is 0. The number of nitrogens with one attached hydrogen (secondary N) is 1. The zero-order chi connectivity index (χ0) is 13.2. The lowest BCUT2D eigenvalue weighted by Crippen LogP contribution is -2.13. The minimum Gasteiger partial charge on any atom is -0.363 e. The minimum atomic E-state index is 0.623. The second-order valence-electron chi connectivity index (χ2n) is 5.13. The van der Waals surface area contributed by atoms with Gasteiger partial charge >= 0.3 is 0 Å². The molecule has 0 radical (unpaired) electrons. The van der Waals surface area contributed by atoms with E-state index in [9.17, 15) is 0 Å². The number of para-hydroxylation sites is 1. The molecule has 0 aliphatic heterocycles. The molecular formula is C15H18N4. The zero-order valence-corrected chi connectivity index (χ0v) is 11.3. The van der Waals surface area contributed by atoms with Crippen LogP contribution in [0.2, 0.25) is 0 Å². The molecule has 0 unspecified atom stereocenters. The molecule has 1 heterocycles. The van der Waals surface area contributed by atoms with Crippen LogP contribution in [0.5, 0.6) is 0 Å². The summed E-state index contributed by atoms with van der Waals surface area (Å²) in [5, 5.41) is 3.27. The SMILES string of the molecule is CN(C)c1cc(C2CC2)nc(Nc2ccccc2)n1. The molecule has 1 aliphatic rings. The average molecular weight is 254 g/mol. The van der Waals surface area contributed by atoms with Gasteiger partial charge in [-0.3, -0.25) is 0 Å². The molecule has 1 saturated carbocycles. The van der Waals surface area contributed by atoms with Crippen LogP contribution in [0, 0.1) is 0 Å². The van der Waals surface area contributed by atoms with E-state index in [0.717, 1.165) is 17.2 Å². The molecule has 19 heavy (non-hydrogen) atoms. The number of hydrogen-bond acceptors (Lipinski definition) is 4. The molecule has 98 valence electrons. The largest absolute Gasteiger partial charge is 0.363 e. The number of anilines is 3. The Hall–Kier alpha value is -2.10. The molecule has 0 atom stereocenters. The van der Waals surface area contributed by atoms with Crippen molar-refractivity contribution in [1.82, 2.24) is 9.97 Å². The van der Waals surface area contributed by atoms with Gasteiger partial charge in [0.1, 0.15) is 5.82 Å². The Bertz CT molecular complexity index is 541. The number of hydrogen-bond donors (Lipinski definition) is 1. The fraction of sp³-hybridized carbons (Fsp3) is 0.333. The van der Waals surface area contributed by atoms with Crippen molar-refractivity contribution in [3.63, 3.8) is 0 Å². The Morgan fingerprint density at radius 1 is 1.11 bits per heavy atom. The first-order valence-corrected chi connectivity index (χ1v) is 6.61. The van der Waals surface area contributed by atoms with Crippen molar-refractivity contribution in [3.05, 3.63) is 42.1 Å². The smallest absolute Gasteiger partial charge is 0.229 e. The van der Waals surface area contributed by atoms with Gasteiger partial charge in [0.2, 0.25) is 5.95 Å². The molecule has 4 heteroatoms. The monoisotopic (exact) mass is 254 g/mol. The van der Waals surface area contributed by atoms with E-state index in [1.54, 1.807) is 0 Å². The van der Waals surface area contributed by atoms with Crippen LogP contribution in [0.1, 0.15) is 24.5 Å². The summed E-state index contributed by atoms with van der Waals surface area (Å²) in [6.45, 7) is 0. The lowest BCUT2D eigenvalue weighted by atomic mass is 10.2. The van der Waals surface area contributed by atoms with Crippen molar-refractivity contribution in [2.45, 2.75) is 18.8 Å². The predicted molar refractivity (Wildman–Crippen MR) is 78.1 cm³/mol. The maximum atomic E-state index is 4.62. The average Bonchev–Trinajstić information content (AvgIpc) is 3.24. The lowest BCUT2D eigenvalue weighted by Gasteiger charge is -2.14. The van der Waals surface area contributed by atoms with Crippen molar-refractivity contribution >= 4 is 17.5 Å². The third-order valence-electron chi connectivity index (χ3n) is 3.22. The lowest BCUT2D eigenvalue weighted by molar-refractivity contribution is 0.964. The molecule has 4 nitrogen and oxygen atoms in total. The first-order valence-electron chi connectivity index (χ1n) is 6.61. The predicted octanol–water partition coefficient (Wildman–Crippen LogP) is 3.16. The third-order valence-corrected chi connectivity index (χ3v) is 3.22. The van der Waals surface area contributed by atoms with E-state index < -0.39 is 0 Å². The molecule has 3 rings (SSSR count). The van der Waals surface area contributed by atoms with Crippen molar-refractivity contribution in [2.24, 2.45) is 0 Å². The number of benzene rings is 1. The highest BCUT2D eigenvalue weighted by atomic mass is 15.2. The Kier molecular flexibility index (Phi) is 3.07. The van der Waals surface area contributed by atoms with Crippen molar-refractivity contribution in [1.29, 1.82) is 0 Å². The van der Waals surface area contributed by atoms with Crippen molar-refractivity contribution in [2.75, 3.05) is 24.3 Å². The van der Waals surface area contributed by atoms with Crippen LogP contribution >= 0.6 is 0 Å². The van der Waals surface area contributed by atoms with Gasteiger partial charge in [-0.1, -0.05) is 18.2 Å². The van der Waals surface area contributed by atoms with E-state index in [4.69, 9.17) is 0 Å². The molecule has 1 aromatic heterocycles. The molecular weight excluding hydrogens is 236 g/mol. The molecule has 0 amide bonds. The molecule has 1 aromatic carbocycles. The number of rotatable bonds is 4. The molecule has 0 spiro atoms. The zero-order valence-electron chi connectivity index (χ0n) is 11.3. The molecule has 1 fully saturated rings. The van der Waals surface area contributed by atoms with E-state index in [1.807, 2.05) is 49.3 Å². The van der Waals surface area contributed by atoms with Crippen molar-refractivity contribution < 1.29 is 0 Å². The summed E-state index contributed by atoms with van der Waals surface area (Å²) >= 11 is 0. The number of nitrogens with zero attached hydrogens (tertiary/aromatic N) is 3. The van der Waals surface area contributed by atoms with Crippen LogP contribution in [-0.2, 0) is 0 Å². The standard InChI is InChI=1S/C15H18N4/c1-19(2)14-10-13(11-8-9-11)17-15(18-14)16-12-6-4-3-5-7-12/h3-7,10-11H,8-9H2,1-2H3,(H,16,17,18). The van der Waals surface area contributed by atoms with E-state index in [1.165, 1.54) is 12.8 Å². The Morgan fingerprint density at radius 3 is 2.47 bits per heavy atom. The fourth-order valence-electron chi connectivity index (χ4n) is 1.98. The highest BCUT2D eigenvalue weighted by molar-refractivity contribution is 5.55. The van der Waals surface area contributed by atoms with Crippen LogP contribution in [0.4, 0.5) is 17.5 Å². The van der Waals surface area contributed by atoms with E-state index in [-0.39, 0.29) is 0 Å². The topological polar surface area (TPSA) is 41.1 Å². The van der Waals surface area contributed by atoms with Gasteiger partial charge in [0.05, 0.1) is 5.69 Å². The molecule has 2 aromatic rings. The van der Waals surface area contributed by atoms with Gasteiger partial charge in [-0.2, -0.15) is 4.98 Å². The normalized spacial score (nSPS) is 14.2. The van der Waals surface area contributed by atoms with Crippen LogP contribution in [-0.4, -0.2) is 24.1 Å². The minimum absolute atomic E-state index is 0.623. The van der Waals surface area contributed by atoms with Gasteiger partial charge < -0.3 is 10.2 Å². The second kappa shape index (κ2) is 4.88. The van der Waals surface area contributed by atoms with Crippen LogP contribution < -0.4 is 10.2 Å². The van der Waals surface area contributed by atoms with Crippen LogP contribution in [0.15, 0.2) is 36.4 Å². The van der Waals surface area contributed by atoms with Crippen LogP contribution in [0.25, 0.3) is 0 Å². The summed E-state index contributed by atoms with van der Waals surface area (Å²) in [5.74, 6) is 2.26. The first kappa shape index (κ1) is 12.0. The van der Waals surface area contributed by atoms with Gasteiger partial charge in [0.15, 0.2) is 0 Å². The highest BCUT2D eigenvalue weighted by Crippen LogP contribution is 2.40. The van der Waals surface area contributed by atoms with Crippen molar-refractivity contribution in [3.8, 4) is 0 Å². The molecule has 1 aliphatic carbocycles. The van der Waals surface area contributed by atoms with E-state index >= 15 is 0 Å².